The van der Waals surface area contributed by atoms with Crippen molar-refractivity contribution in [1.29, 1.82) is 0 Å². The number of imidazole rings is 1. The minimum atomic E-state index is -0.338. The van der Waals surface area contributed by atoms with Crippen LogP contribution >= 0.6 is 0 Å². The van der Waals surface area contributed by atoms with E-state index in [0.29, 0.717) is 11.3 Å². The molecule has 0 spiro atoms. The van der Waals surface area contributed by atoms with Gasteiger partial charge in [0.2, 0.25) is 5.91 Å². The van der Waals surface area contributed by atoms with Crippen LogP contribution in [0.25, 0.3) is 5.65 Å². The van der Waals surface area contributed by atoms with Crippen molar-refractivity contribution in [3.63, 3.8) is 0 Å². The number of carbonyl (C=O) groups excluding carboxylic acids is 1. The molecule has 2 heterocycles. The van der Waals surface area contributed by atoms with Crippen LogP contribution in [0.4, 0.5) is 10.1 Å². The largest absolute Gasteiger partial charge is 0.324 e. The number of amides is 1. The van der Waals surface area contributed by atoms with Crippen LogP contribution in [0.2, 0.25) is 0 Å². The fourth-order valence-electron chi connectivity index (χ4n) is 2.03. The lowest BCUT2D eigenvalue weighted by Crippen LogP contribution is -2.14. The van der Waals surface area contributed by atoms with E-state index in [9.17, 15) is 9.18 Å². The Bertz CT molecular complexity index is 766. The summed E-state index contributed by atoms with van der Waals surface area (Å²) in [7, 11) is 0. The first kappa shape index (κ1) is 12.3. The number of rotatable bonds is 3. The zero-order valence-corrected chi connectivity index (χ0v) is 10.6. The van der Waals surface area contributed by atoms with Gasteiger partial charge in [-0.25, -0.2) is 9.37 Å². The number of aromatic nitrogens is 2. The van der Waals surface area contributed by atoms with Crippen LogP contribution in [0, 0.1) is 5.82 Å². The maximum Gasteiger partial charge on any atom is 0.228 e. The van der Waals surface area contributed by atoms with E-state index in [1.54, 1.807) is 36.8 Å². The number of fused-ring (bicyclic) bond motifs is 1. The van der Waals surface area contributed by atoms with Crippen molar-refractivity contribution in [2.45, 2.75) is 6.42 Å². The van der Waals surface area contributed by atoms with Crippen molar-refractivity contribution >= 4 is 17.2 Å². The van der Waals surface area contributed by atoms with Gasteiger partial charge in [0.05, 0.1) is 12.1 Å². The standard InChI is InChI=1S/C15H12FN3O/c16-12-3-1-2-11(8-12)9-15(20)18-13-4-5-14-17-6-7-19(14)10-13/h1-8,10H,9H2,(H,18,20). The molecule has 3 aromatic rings. The van der Waals surface area contributed by atoms with Crippen LogP contribution in [0.1, 0.15) is 5.56 Å². The Labute approximate surface area is 114 Å². The maximum atomic E-state index is 13.0. The van der Waals surface area contributed by atoms with Gasteiger partial charge in [-0.1, -0.05) is 12.1 Å². The lowest BCUT2D eigenvalue weighted by atomic mass is 10.1. The molecule has 0 radical (unpaired) electrons. The highest BCUT2D eigenvalue weighted by Crippen LogP contribution is 2.11. The molecule has 0 aliphatic heterocycles. The summed E-state index contributed by atoms with van der Waals surface area (Å²) in [4.78, 5) is 16.0. The van der Waals surface area contributed by atoms with Gasteiger partial charge in [-0.15, -0.1) is 0 Å². The molecule has 0 bridgehead atoms. The third kappa shape index (κ3) is 2.66. The molecule has 0 fully saturated rings. The van der Waals surface area contributed by atoms with Gasteiger partial charge in [-0.05, 0) is 29.8 Å². The molecule has 2 aromatic heterocycles. The molecule has 0 aliphatic rings. The number of hydrogen-bond acceptors (Lipinski definition) is 2. The number of benzene rings is 1. The Morgan fingerprint density at radius 2 is 2.20 bits per heavy atom. The van der Waals surface area contributed by atoms with Gasteiger partial charge < -0.3 is 9.72 Å². The molecule has 0 atom stereocenters. The quantitative estimate of drug-likeness (QED) is 0.794. The molecule has 100 valence electrons. The summed E-state index contributed by atoms with van der Waals surface area (Å²) in [5, 5.41) is 2.78. The molecule has 3 rings (SSSR count). The van der Waals surface area contributed by atoms with Crippen LogP contribution < -0.4 is 5.32 Å². The predicted octanol–water partition coefficient (Wildman–Crippen LogP) is 2.65. The van der Waals surface area contributed by atoms with Crippen LogP contribution in [-0.2, 0) is 11.2 Å². The van der Waals surface area contributed by atoms with Gasteiger partial charge in [0.25, 0.3) is 0 Å². The molecule has 1 N–H and O–H groups in total. The monoisotopic (exact) mass is 269 g/mol. The second-order valence-electron chi connectivity index (χ2n) is 4.47. The first-order valence-electron chi connectivity index (χ1n) is 6.18. The van der Waals surface area contributed by atoms with Crippen LogP contribution in [0.3, 0.4) is 0 Å². The van der Waals surface area contributed by atoms with Crippen molar-refractivity contribution < 1.29 is 9.18 Å². The Balaban J connectivity index is 1.72. The lowest BCUT2D eigenvalue weighted by Gasteiger charge is -2.06. The zero-order chi connectivity index (χ0) is 13.9. The summed E-state index contributed by atoms with van der Waals surface area (Å²) in [5.74, 6) is -0.523. The average molecular weight is 269 g/mol. The van der Waals surface area contributed by atoms with Crippen molar-refractivity contribution in [1.82, 2.24) is 9.38 Å². The van der Waals surface area contributed by atoms with Gasteiger partial charge in [-0.3, -0.25) is 4.79 Å². The third-order valence-corrected chi connectivity index (χ3v) is 2.93. The number of carbonyl (C=O) groups is 1. The number of hydrogen-bond donors (Lipinski definition) is 1. The maximum absolute atomic E-state index is 13.0. The van der Waals surface area contributed by atoms with Crippen LogP contribution in [0.5, 0.6) is 0 Å². The highest BCUT2D eigenvalue weighted by atomic mass is 19.1. The number of halogens is 1. The molecular weight excluding hydrogens is 257 g/mol. The number of nitrogens with zero attached hydrogens (tertiary/aromatic N) is 2. The normalized spacial score (nSPS) is 10.7. The molecule has 0 unspecified atom stereocenters. The van der Waals surface area contributed by atoms with Gasteiger partial charge in [0, 0.05) is 18.6 Å². The predicted molar refractivity (Wildman–Crippen MR) is 73.9 cm³/mol. The molecule has 0 saturated heterocycles. The molecule has 0 aliphatic carbocycles. The van der Waals surface area contributed by atoms with Gasteiger partial charge in [-0.2, -0.15) is 0 Å². The van der Waals surface area contributed by atoms with E-state index in [4.69, 9.17) is 0 Å². The SMILES string of the molecule is O=C(Cc1cccc(F)c1)Nc1ccc2nccn2c1. The molecular formula is C15H12FN3O. The summed E-state index contributed by atoms with van der Waals surface area (Å²) >= 11 is 0. The van der Waals surface area contributed by atoms with Crippen molar-refractivity contribution in [3.05, 3.63) is 66.4 Å². The molecule has 0 saturated carbocycles. The van der Waals surface area contributed by atoms with E-state index >= 15 is 0 Å². The summed E-state index contributed by atoms with van der Waals surface area (Å²) in [5.41, 5.74) is 2.14. The van der Waals surface area contributed by atoms with Gasteiger partial charge in [0.15, 0.2) is 0 Å². The van der Waals surface area contributed by atoms with E-state index in [-0.39, 0.29) is 18.1 Å². The molecule has 1 aromatic carbocycles. The number of anilines is 1. The van der Waals surface area contributed by atoms with Gasteiger partial charge in [0.1, 0.15) is 11.5 Å². The Morgan fingerprint density at radius 3 is 3.05 bits per heavy atom. The Kier molecular flexibility index (Phi) is 3.16. The highest BCUT2D eigenvalue weighted by Gasteiger charge is 2.05. The van der Waals surface area contributed by atoms with Crippen molar-refractivity contribution in [2.75, 3.05) is 5.32 Å². The van der Waals surface area contributed by atoms with Gasteiger partial charge >= 0.3 is 0 Å². The molecule has 5 heteroatoms. The second-order valence-corrected chi connectivity index (χ2v) is 4.47. The van der Waals surface area contributed by atoms with Crippen molar-refractivity contribution in [3.8, 4) is 0 Å². The van der Waals surface area contributed by atoms with Crippen molar-refractivity contribution in [2.24, 2.45) is 0 Å². The van der Waals surface area contributed by atoms with E-state index in [2.05, 4.69) is 10.3 Å². The minimum absolute atomic E-state index is 0.139. The number of nitrogens with one attached hydrogen (secondary N) is 1. The number of pyridine rings is 1. The Morgan fingerprint density at radius 1 is 1.30 bits per heavy atom. The zero-order valence-electron chi connectivity index (χ0n) is 10.6. The molecule has 4 nitrogen and oxygen atoms in total. The van der Waals surface area contributed by atoms with E-state index in [1.807, 2.05) is 10.5 Å². The first-order chi connectivity index (χ1) is 9.70. The topological polar surface area (TPSA) is 46.4 Å². The summed E-state index contributed by atoms with van der Waals surface area (Å²) in [6.45, 7) is 0. The average Bonchev–Trinajstić information content (AvgIpc) is 2.86. The van der Waals surface area contributed by atoms with E-state index < -0.39 is 0 Å². The third-order valence-electron chi connectivity index (χ3n) is 2.93. The van der Waals surface area contributed by atoms with E-state index in [1.165, 1.54) is 12.1 Å². The molecule has 1 amide bonds. The summed E-state index contributed by atoms with van der Waals surface area (Å²) in [6.07, 6.45) is 5.41. The Hall–Kier alpha value is -2.69. The van der Waals surface area contributed by atoms with Crippen LogP contribution in [-0.4, -0.2) is 15.3 Å². The van der Waals surface area contributed by atoms with E-state index in [0.717, 1.165) is 5.65 Å². The minimum Gasteiger partial charge on any atom is -0.324 e. The fourth-order valence-corrected chi connectivity index (χ4v) is 2.03. The molecule has 20 heavy (non-hydrogen) atoms. The summed E-state index contributed by atoms with van der Waals surface area (Å²) in [6, 6.07) is 9.63. The second kappa shape index (κ2) is 5.13. The smallest absolute Gasteiger partial charge is 0.228 e. The lowest BCUT2D eigenvalue weighted by molar-refractivity contribution is -0.115. The highest BCUT2D eigenvalue weighted by molar-refractivity contribution is 5.92. The first-order valence-corrected chi connectivity index (χ1v) is 6.18. The fraction of sp³-hybridized carbons (Fsp3) is 0.0667. The summed E-state index contributed by atoms with van der Waals surface area (Å²) < 4.78 is 14.9. The van der Waals surface area contributed by atoms with Crippen LogP contribution in [0.15, 0.2) is 55.0 Å².